The molecule has 0 radical (unpaired) electrons. The highest BCUT2D eigenvalue weighted by molar-refractivity contribution is 9.11. The number of carboxylic acid groups (broad SMARTS) is 1. The number of ketones is 1. The maximum absolute atomic E-state index is 13.5. The zero-order chi connectivity index (χ0) is 29.4. The molecule has 2 amide bonds. The molecule has 0 fully saturated rings. The van der Waals surface area contributed by atoms with Crippen LogP contribution in [-0.2, 0) is 17.8 Å². The van der Waals surface area contributed by atoms with Crippen LogP contribution in [0.1, 0.15) is 54.4 Å². The van der Waals surface area contributed by atoms with Crippen LogP contribution >= 0.6 is 27.3 Å². The van der Waals surface area contributed by atoms with E-state index in [0.717, 1.165) is 22.2 Å². The van der Waals surface area contributed by atoms with Gasteiger partial charge in [-0.1, -0.05) is 54.6 Å². The summed E-state index contributed by atoms with van der Waals surface area (Å²) in [5.74, 6) is -1.62. The lowest BCUT2D eigenvalue weighted by Crippen LogP contribution is -2.30. The molecule has 0 bridgehead atoms. The first kappa shape index (κ1) is 27.8. The van der Waals surface area contributed by atoms with Crippen molar-refractivity contribution < 1.29 is 24.3 Å². The zero-order valence-electron chi connectivity index (χ0n) is 22.4. The van der Waals surface area contributed by atoms with Gasteiger partial charge < -0.3 is 9.67 Å². The average Bonchev–Trinajstić information content (AvgIpc) is 3.62. The third kappa shape index (κ3) is 5.21. The number of amides is 2. The number of imide groups is 1. The SMILES string of the molecule is O=C(O)Cc1cc(C(=O)c2ccc3cc(-c4ccccc4)n(CCCCN4C(=O)c5ccccc5C4=O)c3c2)sc1Br. The number of fused-ring (bicyclic) bond motifs is 2. The van der Waals surface area contributed by atoms with E-state index in [2.05, 4.69) is 26.6 Å². The summed E-state index contributed by atoms with van der Waals surface area (Å²) in [6.07, 6.45) is 1.19. The Kier molecular flexibility index (Phi) is 7.62. The number of hydrogen-bond acceptors (Lipinski definition) is 5. The lowest BCUT2D eigenvalue weighted by Gasteiger charge is -2.15. The zero-order valence-corrected chi connectivity index (χ0v) is 24.8. The van der Waals surface area contributed by atoms with E-state index in [1.165, 1.54) is 16.2 Å². The fourth-order valence-electron chi connectivity index (χ4n) is 5.41. The van der Waals surface area contributed by atoms with Gasteiger partial charge >= 0.3 is 5.97 Å². The number of thiophene rings is 1. The Morgan fingerprint density at radius 3 is 2.17 bits per heavy atom. The number of rotatable bonds is 10. The van der Waals surface area contributed by atoms with Crippen LogP contribution in [0, 0.1) is 0 Å². The molecule has 1 aliphatic rings. The Balaban J connectivity index is 1.26. The third-order valence-corrected chi connectivity index (χ3v) is 9.41. The molecule has 0 saturated heterocycles. The second-order valence-electron chi connectivity index (χ2n) is 10.1. The topological polar surface area (TPSA) is 96.7 Å². The van der Waals surface area contributed by atoms with E-state index >= 15 is 0 Å². The number of aromatic nitrogens is 1. The maximum Gasteiger partial charge on any atom is 0.307 e. The van der Waals surface area contributed by atoms with Crippen LogP contribution in [0.15, 0.2) is 88.7 Å². The van der Waals surface area contributed by atoms with Gasteiger partial charge in [-0.3, -0.25) is 24.1 Å². The van der Waals surface area contributed by atoms with Crippen molar-refractivity contribution in [1.29, 1.82) is 0 Å². The Labute approximate surface area is 254 Å². The second-order valence-corrected chi connectivity index (χ2v) is 12.5. The summed E-state index contributed by atoms with van der Waals surface area (Å²) in [5.41, 5.74) is 4.96. The van der Waals surface area contributed by atoms with E-state index in [1.54, 1.807) is 36.4 Å². The van der Waals surface area contributed by atoms with Gasteiger partial charge in [-0.15, -0.1) is 11.3 Å². The molecule has 0 atom stereocenters. The van der Waals surface area contributed by atoms with Gasteiger partial charge in [0.2, 0.25) is 5.78 Å². The number of carbonyl (C=O) groups excluding carboxylic acids is 3. The van der Waals surface area contributed by atoms with Crippen LogP contribution < -0.4 is 0 Å². The van der Waals surface area contributed by atoms with Gasteiger partial charge in [-0.2, -0.15) is 0 Å². The number of carbonyl (C=O) groups is 4. The molecule has 6 rings (SSSR count). The highest BCUT2D eigenvalue weighted by Crippen LogP contribution is 2.33. The number of halogens is 1. The lowest BCUT2D eigenvalue weighted by atomic mass is 10.1. The molecule has 42 heavy (non-hydrogen) atoms. The number of carboxylic acids is 1. The molecule has 3 heterocycles. The molecule has 0 saturated carbocycles. The molecule has 5 aromatic rings. The molecule has 0 aliphatic carbocycles. The first-order valence-corrected chi connectivity index (χ1v) is 15.1. The molecule has 210 valence electrons. The molecule has 3 aromatic carbocycles. The van der Waals surface area contributed by atoms with E-state index in [0.29, 0.717) is 56.8 Å². The van der Waals surface area contributed by atoms with Crippen LogP contribution in [0.25, 0.3) is 22.2 Å². The summed E-state index contributed by atoms with van der Waals surface area (Å²) in [4.78, 5) is 52.0. The van der Waals surface area contributed by atoms with E-state index in [1.807, 2.05) is 42.5 Å². The lowest BCUT2D eigenvalue weighted by molar-refractivity contribution is -0.136. The number of benzene rings is 3. The van der Waals surface area contributed by atoms with Crippen molar-refractivity contribution in [3.63, 3.8) is 0 Å². The molecule has 0 spiro atoms. The van der Waals surface area contributed by atoms with Crippen molar-refractivity contribution in [1.82, 2.24) is 9.47 Å². The van der Waals surface area contributed by atoms with Gasteiger partial charge in [0.15, 0.2) is 0 Å². The highest BCUT2D eigenvalue weighted by atomic mass is 79.9. The van der Waals surface area contributed by atoms with Gasteiger partial charge in [-0.25, -0.2) is 0 Å². The fourth-order valence-corrected chi connectivity index (χ4v) is 7.06. The first-order chi connectivity index (χ1) is 20.3. The van der Waals surface area contributed by atoms with Crippen molar-refractivity contribution in [3.8, 4) is 11.3 Å². The first-order valence-electron chi connectivity index (χ1n) is 13.5. The number of hydrogen-bond donors (Lipinski definition) is 1. The number of unbranched alkanes of at least 4 members (excludes halogenated alkanes) is 1. The second kappa shape index (κ2) is 11.5. The van der Waals surface area contributed by atoms with Crippen LogP contribution in [0.2, 0.25) is 0 Å². The minimum atomic E-state index is -0.955. The summed E-state index contributed by atoms with van der Waals surface area (Å²) in [7, 11) is 0. The van der Waals surface area contributed by atoms with E-state index < -0.39 is 5.97 Å². The highest BCUT2D eigenvalue weighted by Gasteiger charge is 2.34. The Hall–Kier alpha value is -4.34. The smallest absolute Gasteiger partial charge is 0.307 e. The molecule has 1 N–H and O–H groups in total. The largest absolute Gasteiger partial charge is 0.481 e. The molecule has 9 heteroatoms. The normalized spacial score (nSPS) is 12.7. The number of aliphatic carboxylic acids is 1. The van der Waals surface area contributed by atoms with E-state index in [-0.39, 0.29) is 24.0 Å². The summed E-state index contributed by atoms with van der Waals surface area (Å²) in [5, 5.41) is 10.2. The van der Waals surface area contributed by atoms with Gasteiger partial charge in [0.05, 0.1) is 26.2 Å². The standard InChI is InChI=1S/C33H25BrN2O5S/c34-31-23(19-29(37)38)18-28(42-31)30(39)22-13-12-21-16-26(20-8-2-1-3-9-20)35(27(21)17-22)14-6-7-15-36-32(40)24-10-4-5-11-25(24)33(36)41/h1-5,8-13,16-18H,6-7,14-15,19H2,(H,37,38). The Morgan fingerprint density at radius 2 is 1.48 bits per heavy atom. The maximum atomic E-state index is 13.5. The summed E-state index contributed by atoms with van der Waals surface area (Å²) >= 11 is 4.63. The Bertz CT molecular complexity index is 1840. The van der Waals surface area contributed by atoms with Crippen LogP contribution in [0.4, 0.5) is 0 Å². The van der Waals surface area contributed by atoms with Crippen molar-refractivity contribution in [3.05, 3.63) is 116 Å². The van der Waals surface area contributed by atoms with Gasteiger partial charge in [-0.05, 0) is 70.2 Å². The van der Waals surface area contributed by atoms with E-state index in [9.17, 15) is 24.3 Å². The van der Waals surface area contributed by atoms with E-state index in [4.69, 9.17) is 0 Å². The number of nitrogens with zero attached hydrogens (tertiary/aromatic N) is 2. The van der Waals surface area contributed by atoms with Crippen LogP contribution in [0.5, 0.6) is 0 Å². The number of aryl methyl sites for hydroxylation is 1. The summed E-state index contributed by atoms with van der Waals surface area (Å²) in [6, 6.07) is 26.3. The average molecular weight is 642 g/mol. The minimum Gasteiger partial charge on any atom is -0.481 e. The third-order valence-electron chi connectivity index (χ3n) is 7.45. The van der Waals surface area contributed by atoms with Crippen molar-refractivity contribution >= 4 is 61.7 Å². The Morgan fingerprint density at radius 1 is 0.810 bits per heavy atom. The van der Waals surface area contributed by atoms with Gasteiger partial charge in [0.1, 0.15) is 0 Å². The summed E-state index contributed by atoms with van der Waals surface area (Å²) < 4.78 is 2.83. The predicted molar refractivity (Wildman–Crippen MR) is 165 cm³/mol. The molecular formula is C33H25BrN2O5S. The fraction of sp³-hybridized carbons (Fsp3) is 0.152. The molecule has 2 aromatic heterocycles. The molecule has 1 aliphatic heterocycles. The van der Waals surface area contributed by atoms with Crippen LogP contribution in [0.3, 0.4) is 0 Å². The quantitative estimate of drug-likeness (QED) is 0.100. The molecule has 7 nitrogen and oxygen atoms in total. The van der Waals surface area contributed by atoms with Crippen molar-refractivity contribution in [2.45, 2.75) is 25.8 Å². The van der Waals surface area contributed by atoms with Crippen molar-refractivity contribution in [2.24, 2.45) is 0 Å². The monoisotopic (exact) mass is 640 g/mol. The predicted octanol–water partition coefficient (Wildman–Crippen LogP) is 7.07. The molecule has 0 unspecified atom stereocenters. The van der Waals surface area contributed by atoms with Crippen LogP contribution in [-0.4, -0.2) is 44.7 Å². The van der Waals surface area contributed by atoms with Gasteiger partial charge in [0.25, 0.3) is 11.8 Å². The minimum absolute atomic E-state index is 0.159. The van der Waals surface area contributed by atoms with Crippen molar-refractivity contribution in [2.75, 3.05) is 6.54 Å². The van der Waals surface area contributed by atoms with Gasteiger partial charge in [0, 0.05) is 35.2 Å². The summed E-state index contributed by atoms with van der Waals surface area (Å²) in [6.45, 7) is 0.962. The molecular weight excluding hydrogens is 616 g/mol.